The monoisotopic (exact) mass is 248 g/mol. The molecule has 1 N–H and O–H groups in total. The Morgan fingerprint density at radius 3 is 2.50 bits per heavy atom. The summed E-state index contributed by atoms with van der Waals surface area (Å²) in [6.07, 6.45) is 4.20. The summed E-state index contributed by atoms with van der Waals surface area (Å²) in [6, 6.07) is 0.801. The second kappa shape index (κ2) is 7.52. The summed E-state index contributed by atoms with van der Waals surface area (Å²) in [6.45, 7) is 14.0. The van der Waals surface area contributed by atoms with Gasteiger partial charge in [-0.1, -0.05) is 27.2 Å². The minimum atomic E-state index is 0. The molecule has 0 saturated carbocycles. The van der Waals surface area contributed by atoms with Gasteiger partial charge < -0.3 is 5.32 Å². The van der Waals surface area contributed by atoms with E-state index in [-0.39, 0.29) is 12.4 Å². The third kappa shape index (κ3) is 6.72. The van der Waals surface area contributed by atoms with E-state index >= 15 is 0 Å². The van der Waals surface area contributed by atoms with E-state index in [1.807, 2.05) is 0 Å². The average Bonchev–Trinajstić information content (AvgIpc) is 2.13. The lowest BCUT2D eigenvalue weighted by atomic mass is 9.97. The number of nitrogens with one attached hydrogen (secondary N) is 1. The van der Waals surface area contributed by atoms with E-state index in [4.69, 9.17) is 0 Å². The van der Waals surface area contributed by atoms with Crippen molar-refractivity contribution in [1.82, 2.24) is 10.2 Å². The van der Waals surface area contributed by atoms with Gasteiger partial charge in [0.25, 0.3) is 0 Å². The molecular formula is C13H29ClN2. The molecule has 0 spiro atoms. The zero-order chi connectivity index (χ0) is 11.3. The molecule has 1 fully saturated rings. The summed E-state index contributed by atoms with van der Waals surface area (Å²) < 4.78 is 0. The van der Waals surface area contributed by atoms with E-state index in [0.717, 1.165) is 19.1 Å². The Bertz CT molecular complexity index is 177. The summed E-state index contributed by atoms with van der Waals surface area (Å²) >= 11 is 0. The Morgan fingerprint density at radius 2 is 1.94 bits per heavy atom. The smallest absolute Gasteiger partial charge is 0.0110 e. The van der Waals surface area contributed by atoms with Gasteiger partial charge in [0, 0.05) is 25.7 Å². The molecule has 1 rings (SSSR count). The fourth-order valence-electron chi connectivity index (χ4n) is 2.18. The maximum Gasteiger partial charge on any atom is 0.0110 e. The lowest BCUT2D eigenvalue weighted by molar-refractivity contribution is 0.160. The number of hydrogen-bond acceptors (Lipinski definition) is 2. The van der Waals surface area contributed by atoms with Crippen molar-refractivity contribution in [2.45, 2.75) is 53.0 Å². The normalized spacial score (nSPS) is 22.9. The van der Waals surface area contributed by atoms with Crippen molar-refractivity contribution >= 4 is 12.4 Å². The van der Waals surface area contributed by atoms with Gasteiger partial charge in [-0.2, -0.15) is 0 Å². The highest BCUT2D eigenvalue weighted by Gasteiger charge is 2.17. The van der Waals surface area contributed by atoms with E-state index in [9.17, 15) is 0 Å². The summed E-state index contributed by atoms with van der Waals surface area (Å²) in [4.78, 5) is 2.62. The molecule has 3 heteroatoms. The molecule has 0 aromatic heterocycles. The Balaban J connectivity index is 0.00000225. The molecule has 1 unspecified atom stereocenters. The molecule has 2 nitrogen and oxygen atoms in total. The molecule has 1 heterocycles. The molecule has 0 bridgehead atoms. The first kappa shape index (κ1) is 16.2. The van der Waals surface area contributed by atoms with Crippen LogP contribution in [-0.2, 0) is 0 Å². The van der Waals surface area contributed by atoms with Crippen LogP contribution in [-0.4, -0.2) is 37.1 Å². The fourth-order valence-corrected chi connectivity index (χ4v) is 2.18. The third-order valence-corrected chi connectivity index (χ3v) is 3.17. The highest BCUT2D eigenvalue weighted by atomic mass is 35.5. The van der Waals surface area contributed by atoms with Gasteiger partial charge in [0.1, 0.15) is 0 Å². The SMILES string of the molecule is CC1CCCCN1CCNCC(C)(C)C.Cl. The minimum Gasteiger partial charge on any atom is -0.315 e. The van der Waals surface area contributed by atoms with Gasteiger partial charge in [-0.3, -0.25) is 4.90 Å². The Hall–Kier alpha value is 0.210. The van der Waals surface area contributed by atoms with Crippen LogP contribution in [0.5, 0.6) is 0 Å². The summed E-state index contributed by atoms with van der Waals surface area (Å²) in [5.41, 5.74) is 0.410. The van der Waals surface area contributed by atoms with E-state index in [1.165, 1.54) is 32.4 Å². The molecule has 1 atom stereocenters. The van der Waals surface area contributed by atoms with Crippen LogP contribution in [0.2, 0.25) is 0 Å². The maximum atomic E-state index is 3.55. The summed E-state index contributed by atoms with van der Waals surface area (Å²) in [5.74, 6) is 0. The molecule has 0 aliphatic carbocycles. The van der Waals surface area contributed by atoms with Crippen LogP contribution in [0.25, 0.3) is 0 Å². The van der Waals surface area contributed by atoms with Crippen molar-refractivity contribution in [3.63, 3.8) is 0 Å². The highest BCUT2D eigenvalue weighted by Crippen LogP contribution is 2.15. The van der Waals surface area contributed by atoms with Gasteiger partial charge in [-0.05, 0) is 31.7 Å². The molecule has 1 saturated heterocycles. The predicted molar refractivity (Wildman–Crippen MR) is 74.5 cm³/mol. The van der Waals surface area contributed by atoms with Gasteiger partial charge in [0.05, 0.1) is 0 Å². The molecule has 0 amide bonds. The van der Waals surface area contributed by atoms with Crippen LogP contribution >= 0.6 is 12.4 Å². The predicted octanol–water partition coefficient (Wildman–Crippen LogP) is 2.92. The van der Waals surface area contributed by atoms with E-state index in [1.54, 1.807) is 0 Å². The van der Waals surface area contributed by atoms with Crippen molar-refractivity contribution in [2.24, 2.45) is 5.41 Å². The van der Waals surface area contributed by atoms with Gasteiger partial charge in [-0.15, -0.1) is 12.4 Å². The van der Waals surface area contributed by atoms with Gasteiger partial charge >= 0.3 is 0 Å². The third-order valence-electron chi connectivity index (χ3n) is 3.17. The van der Waals surface area contributed by atoms with Crippen molar-refractivity contribution < 1.29 is 0 Å². The van der Waals surface area contributed by atoms with Crippen LogP contribution < -0.4 is 5.32 Å². The molecule has 16 heavy (non-hydrogen) atoms. The quantitative estimate of drug-likeness (QED) is 0.770. The van der Waals surface area contributed by atoms with Crippen molar-refractivity contribution in [3.05, 3.63) is 0 Å². The lowest BCUT2D eigenvalue weighted by Crippen LogP contribution is -2.42. The van der Waals surface area contributed by atoms with E-state index < -0.39 is 0 Å². The minimum absolute atomic E-state index is 0. The van der Waals surface area contributed by atoms with E-state index in [0.29, 0.717) is 5.41 Å². The number of rotatable bonds is 4. The van der Waals surface area contributed by atoms with Crippen LogP contribution in [0.3, 0.4) is 0 Å². The standard InChI is InChI=1S/C13H28N2.ClH/c1-12-7-5-6-9-15(12)10-8-14-11-13(2,3)4;/h12,14H,5-11H2,1-4H3;1H. The number of halogens is 1. The molecule has 1 aliphatic rings. The zero-order valence-electron chi connectivity index (χ0n) is 11.4. The molecular weight excluding hydrogens is 220 g/mol. The van der Waals surface area contributed by atoms with Gasteiger partial charge in [-0.25, -0.2) is 0 Å². The van der Waals surface area contributed by atoms with Gasteiger partial charge in [0.15, 0.2) is 0 Å². The summed E-state index contributed by atoms with van der Waals surface area (Å²) in [7, 11) is 0. The number of hydrogen-bond donors (Lipinski definition) is 1. The van der Waals surface area contributed by atoms with Crippen LogP contribution in [0, 0.1) is 5.41 Å². The maximum absolute atomic E-state index is 3.55. The number of likely N-dealkylation sites (tertiary alicyclic amines) is 1. The van der Waals surface area contributed by atoms with Gasteiger partial charge in [0.2, 0.25) is 0 Å². The molecule has 1 aliphatic heterocycles. The molecule has 98 valence electrons. The van der Waals surface area contributed by atoms with Crippen LogP contribution in [0.1, 0.15) is 47.0 Å². The molecule has 0 aromatic carbocycles. The number of nitrogens with zero attached hydrogens (tertiary/aromatic N) is 1. The molecule has 0 radical (unpaired) electrons. The summed E-state index contributed by atoms with van der Waals surface area (Å²) in [5, 5.41) is 3.55. The largest absolute Gasteiger partial charge is 0.315 e. The first-order chi connectivity index (χ1) is 6.99. The second-order valence-electron chi connectivity index (χ2n) is 6.12. The number of piperidine rings is 1. The van der Waals surface area contributed by atoms with Crippen LogP contribution in [0.4, 0.5) is 0 Å². The highest BCUT2D eigenvalue weighted by molar-refractivity contribution is 5.85. The van der Waals surface area contributed by atoms with E-state index in [2.05, 4.69) is 37.9 Å². The topological polar surface area (TPSA) is 15.3 Å². The Labute approximate surface area is 108 Å². The molecule has 0 aromatic rings. The zero-order valence-corrected chi connectivity index (χ0v) is 12.2. The Morgan fingerprint density at radius 1 is 1.25 bits per heavy atom. The van der Waals surface area contributed by atoms with Crippen LogP contribution in [0.15, 0.2) is 0 Å². The van der Waals surface area contributed by atoms with Crippen molar-refractivity contribution in [3.8, 4) is 0 Å². The first-order valence-corrected chi connectivity index (χ1v) is 6.44. The average molecular weight is 249 g/mol. The van der Waals surface area contributed by atoms with Crippen molar-refractivity contribution in [2.75, 3.05) is 26.2 Å². The second-order valence-corrected chi connectivity index (χ2v) is 6.12. The lowest BCUT2D eigenvalue weighted by Gasteiger charge is -2.33. The van der Waals surface area contributed by atoms with Crippen molar-refractivity contribution in [1.29, 1.82) is 0 Å². The first-order valence-electron chi connectivity index (χ1n) is 6.44. The Kier molecular flexibility index (Phi) is 7.62. The fraction of sp³-hybridized carbons (Fsp3) is 1.00.